The Morgan fingerprint density at radius 2 is 2.04 bits per heavy atom. The summed E-state index contributed by atoms with van der Waals surface area (Å²) in [5, 5.41) is 0. The summed E-state index contributed by atoms with van der Waals surface area (Å²) in [4.78, 5) is 19.2. The van der Waals surface area contributed by atoms with Crippen LogP contribution in [0.2, 0.25) is 0 Å². The molecule has 0 radical (unpaired) electrons. The molecule has 24 heavy (non-hydrogen) atoms. The van der Waals surface area contributed by atoms with Crippen LogP contribution in [0.25, 0.3) is 0 Å². The standard InChI is InChI=1S/C19H20N2O3/c22-19(13-14-6-7-17-18(12-14)24-11-10-23-17)21-9-3-5-16(21)15-4-1-2-8-20-15/h1-2,4,6-8,12,16H,3,5,9-11,13H2/t16-/m0/s1. The number of ether oxygens (including phenoxy) is 2. The van der Waals surface area contributed by atoms with Crippen LogP contribution >= 0.6 is 0 Å². The molecule has 2 aromatic rings. The number of amides is 1. The summed E-state index contributed by atoms with van der Waals surface area (Å²) in [6.45, 7) is 1.92. The van der Waals surface area contributed by atoms with Gasteiger partial charge in [-0.15, -0.1) is 0 Å². The Hall–Kier alpha value is -2.56. The van der Waals surface area contributed by atoms with E-state index in [4.69, 9.17) is 9.47 Å². The van der Waals surface area contributed by atoms with Gasteiger partial charge in [-0.3, -0.25) is 9.78 Å². The van der Waals surface area contributed by atoms with Gasteiger partial charge >= 0.3 is 0 Å². The van der Waals surface area contributed by atoms with Crippen LogP contribution in [0, 0.1) is 0 Å². The van der Waals surface area contributed by atoms with Gasteiger partial charge in [0.1, 0.15) is 13.2 Å². The van der Waals surface area contributed by atoms with Gasteiger partial charge < -0.3 is 14.4 Å². The first-order valence-electron chi connectivity index (χ1n) is 8.40. The maximum absolute atomic E-state index is 12.8. The second-order valence-corrected chi connectivity index (χ2v) is 6.15. The molecule has 4 rings (SSSR count). The molecule has 124 valence electrons. The van der Waals surface area contributed by atoms with Gasteiger partial charge in [-0.1, -0.05) is 12.1 Å². The number of fused-ring (bicyclic) bond motifs is 1. The normalized spacial score (nSPS) is 19.3. The predicted octanol–water partition coefficient (Wildman–Crippen LogP) is 2.76. The molecule has 1 aromatic carbocycles. The molecular formula is C19H20N2O3. The highest BCUT2D eigenvalue weighted by molar-refractivity contribution is 5.79. The van der Waals surface area contributed by atoms with Crippen molar-refractivity contribution >= 4 is 5.91 Å². The lowest BCUT2D eigenvalue weighted by molar-refractivity contribution is -0.131. The maximum Gasteiger partial charge on any atom is 0.227 e. The average Bonchev–Trinajstić information content (AvgIpc) is 3.12. The summed E-state index contributed by atoms with van der Waals surface area (Å²) in [6.07, 6.45) is 4.16. The third-order valence-corrected chi connectivity index (χ3v) is 4.56. The van der Waals surface area contributed by atoms with Gasteiger partial charge in [0.05, 0.1) is 18.2 Å². The highest BCUT2D eigenvalue weighted by Gasteiger charge is 2.30. The maximum atomic E-state index is 12.8. The lowest BCUT2D eigenvalue weighted by Gasteiger charge is -2.25. The van der Waals surface area contributed by atoms with E-state index in [2.05, 4.69) is 4.98 Å². The molecule has 0 bridgehead atoms. The number of rotatable bonds is 3. The van der Waals surface area contributed by atoms with Gasteiger partial charge in [-0.25, -0.2) is 0 Å². The average molecular weight is 324 g/mol. The SMILES string of the molecule is O=C(Cc1ccc2c(c1)OCCO2)N1CCC[C@H]1c1ccccn1. The van der Waals surface area contributed by atoms with Gasteiger partial charge in [0, 0.05) is 12.7 Å². The molecule has 0 N–H and O–H groups in total. The van der Waals surface area contributed by atoms with E-state index in [0.717, 1.165) is 42.1 Å². The minimum absolute atomic E-state index is 0.0934. The van der Waals surface area contributed by atoms with Gasteiger partial charge in [0.25, 0.3) is 0 Å². The Kier molecular flexibility index (Phi) is 4.07. The van der Waals surface area contributed by atoms with Crippen molar-refractivity contribution in [2.24, 2.45) is 0 Å². The topological polar surface area (TPSA) is 51.7 Å². The molecule has 1 saturated heterocycles. The molecule has 0 saturated carbocycles. The Morgan fingerprint density at radius 1 is 1.17 bits per heavy atom. The van der Waals surface area contributed by atoms with Crippen LogP contribution in [0.3, 0.4) is 0 Å². The summed E-state index contributed by atoms with van der Waals surface area (Å²) in [6, 6.07) is 11.7. The lowest BCUT2D eigenvalue weighted by Crippen LogP contribution is -2.32. The highest BCUT2D eigenvalue weighted by atomic mass is 16.6. The summed E-state index contributed by atoms with van der Waals surface area (Å²) >= 11 is 0. The fourth-order valence-electron chi connectivity index (χ4n) is 3.42. The largest absolute Gasteiger partial charge is 0.486 e. The van der Waals surface area contributed by atoms with Gasteiger partial charge in [0.15, 0.2) is 11.5 Å². The summed E-state index contributed by atoms with van der Waals surface area (Å²) in [5.74, 6) is 1.62. The zero-order chi connectivity index (χ0) is 16.4. The van der Waals surface area contributed by atoms with E-state index < -0.39 is 0 Å². The van der Waals surface area contributed by atoms with Crippen LogP contribution in [0.15, 0.2) is 42.6 Å². The summed E-state index contributed by atoms with van der Waals surface area (Å²) < 4.78 is 11.1. The monoisotopic (exact) mass is 324 g/mol. The van der Waals surface area contributed by atoms with Crippen LogP contribution in [-0.2, 0) is 11.2 Å². The number of likely N-dealkylation sites (tertiary alicyclic amines) is 1. The molecule has 5 heteroatoms. The second-order valence-electron chi connectivity index (χ2n) is 6.15. The molecule has 1 atom stereocenters. The van der Waals surface area contributed by atoms with Crippen molar-refractivity contribution in [3.05, 3.63) is 53.9 Å². The first-order valence-corrected chi connectivity index (χ1v) is 8.40. The smallest absolute Gasteiger partial charge is 0.227 e. The van der Waals surface area contributed by atoms with Crippen molar-refractivity contribution < 1.29 is 14.3 Å². The first-order chi connectivity index (χ1) is 11.8. The van der Waals surface area contributed by atoms with E-state index in [9.17, 15) is 4.79 Å². The second kappa shape index (κ2) is 6.51. The van der Waals surface area contributed by atoms with E-state index in [-0.39, 0.29) is 11.9 Å². The molecule has 5 nitrogen and oxygen atoms in total. The number of pyridine rings is 1. The number of aromatic nitrogens is 1. The van der Waals surface area contributed by atoms with E-state index >= 15 is 0 Å². The quantitative estimate of drug-likeness (QED) is 0.871. The highest BCUT2D eigenvalue weighted by Crippen LogP contribution is 2.33. The molecule has 3 heterocycles. The van der Waals surface area contributed by atoms with Crippen molar-refractivity contribution in [1.82, 2.24) is 9.88 Å². The van der Waals surface area contributed by atoms with Crippen molar-refractivity contribution in [3.8, 4) is 11.5 Å². The van der Waals surface area contributed by atoms with Crippen LogP contribution in [0.4, 0.5) is 0 Å². The van der Waals surface area contributed by atoms with Gasteiger partial charge in [-0.2, -0.15) is 0 Å². The van der Waals surface area contributed by atoms with Crippen LogP contribution in [-0.4, -0.2) is 35.5 Å². The fraction of sp³-hybridized carbons (Fsp3) is 0.368. The fourth-order valence-corrected chi connectivity index (χ4v) is 3.42. The van der Waals surface area contributed by atoms with Crippen molar-refractivity contribution in [3.63, 3.8) is 0 Å². The third-order valence-electron chi connectivity index (χ3n) is 4.56. The lowest BCUT2D eigenvalue weighted by atomic mass is 10.1. The number of benzene rings is 1. The minimum atomic E-state index is 0.0934. The molecule has 1 fully saturated rings. The molecule has 0 aliphatic carbocycles. The summed E-state index contributed by atoms with van der Waals surface area (Å²) in [5.41, 5.74) is 1.93. The number of carbonyl (C=O) groups is 1. The van der Waals surface area contributed by atoms with E-state index in [1.54, 1.807) is 6.20 Å². The molecule has 1 aromatic heterocycles. The van der Waals surface area contributed by atoms with Gasteiger partial charge in [-0.05, 0) is 42.7 Å². The zero-order valence-corrected chi connectivity index (χ0v) is 13.5. The zero-order valence-electron chi connectivity index (χ0n) is 13.5. The molecule has 2 aliphatic heterocycles. The van der Waals surface area contributed by atoms with Crippen LogP contribution in [0.1, 0.15) is 30.1 Å². The van der Waals surface area contributed by atoms with Gasteiger partial charge in [0.2, 0.25) is 5.91 Å². The van der Waals surface area contributed by atoms with E-state index in [1.807, 2.05) is 41.3 Å². The number of nitrogens with zero attached hydrogens (tertiary/aromatic N) is 2. The predicted molar refractivity (Wildman–Crippen MR) is 89.1 cm³/mol. The van der Waals surface area contributed by atoms with Crippen LogP contribution < -0.4 is 9.47 Å². The first kappa shape index (κ1) is 15.0. The van der Waals surface area contributed by atoms with Crippen LogP contribution in [0.5, 0.6) is 11.5 Å². The number of hydrogen-bond donors (Lipinski definition) is 0. The van der Waals surface area contributed by atoms with Crippen molar-refractivity contribution in [2.75, 3.05) is 19.8 Å². The van der Waals surface area contributed by atoms with E-state index in [1.165, 1.54) is 0 Å². The Bertz CT molecular complexity index is 733. The molecular weight excluding hydrogens is 304 g/mol. The van der Waals surface area contributed by atoms with E-state index in [0.29, 0.717) is 19.6 Å². The Morgan fingerprint density at radius 3 is 2.88 bits per heavy atom. The molecule has 2 aliphatic rings. The minimum Gasteiger partial charge on any atom is -0.486 e. The number of carbonyl (C=O) groups excluding carboxylic acids is 1. The molecule has 0 unspecified atom stereocenters. The Labute approximate surface area is 141 Å². The molecule has 1 amide bonds. The van der Waals surface area contributed by atoms with Crippen molar-refractivity contribution in [1.29, 1.82) is 0 Å². The summed E-state index contributed by atoms with van der Waals surface area (Å²) in [7, 11) is 0. The van der Waals surface area contributed by atoms with Crippen molar-refractivity contribution in [2.45, 2.75) is 25.3 Å². The Balaban J connectivity index is 1.49. The third kappa shape index (κ3) is 2.94. The number of hydrogen-bond acceptors (Lipinski definition) is 4. The molecule has 0 spiro atoms.